The van der Waals surface area contributed by atoms with Gasteiger partial charge in [0.15, 0.2) is 9.84 Å². The summed E-state index contributed by atoms with van der Waals surface area (Å²) in [6.07, 6.45) is 3.27. The Morgan fingerprint density at radius 1 is 1.06 bits per heavy atom. The first-order valence-electron chi connectivity index (χ1n) is 11.6. The fourth-order valence-electron chi connectivity index (χ4n) is 5.10. The summed E-state index contributed by atoms with van der Waals surface area (Å²) in [7, 11) is -5.32. The highest BCUT2D eigenvalue weighted by Crippen LogP contribution is 2.32. The number of ether oxygens (including phenoxy) is 1. The molecular formula is C22H33N3O6S2. The van der Waals surface area contributed by atoms with Gasteiger partial charge < -0.3 is 9.64 Å². The number of sulfonamides is 1. The van der Waals surface area contributed by atoms with Gasteiger partial charge in [-0.25, -0.2) is 16.8 Å². The minimum Gasteiger partial charge on any atom is -0.495 e. The maximum Gasteiger partial charge on any atom is 0.253 e. The Morgan fingerprint density at radius 2 is 1.79 bits per heavy atom. The number of hydrogen-bond acceptors (Lipinski definition) is 7. The highest BCUT2D eigenvalue weighted by atomic mass is 32.2. The molecule has 1 amide bonds. The molecule has 9 nitrogen and oxygen atoms in total. The molecular weight excluding hydrogens is 466 g/mol. The van der Waals surface area contributed by atoms with Crippen LogP contribution in [0.3, 0.4) is 0 Å². The molecule has 184 valence electrons. The van der Waals surface area contributed by atoms with Gasteiger partial charge in [0.25, 0.3) is 5.91 Å². The molecule has 1 aromatic carbocycles. The molecule has 2 atom stereocenters. The molecule has 3 aliphatic rings. The molecule has 0 radical (unpaired) electrons. The molecule has 3 saturated heterocycles. The van der Waals surface area contributed by atoms with E-state index in [2.05, 4.69) is 4.90 Å². The molecule has 0 aromatic heterocycles. The number of rotatable bonds is 5. The summed E-state index contributed by atoms with van der Waals surface area (Å²) in [5.74, 6) is 0.432. The van der Waals surface area contributed by atoms with Crippen molar-refractivity contribution in [2.45, 2.75) is 49.6 Å². The number of piperazine rings is 1. The van der Waals surface area contributed by atoms with Crippen LogP contribution in [-0.2, 0) is 19.9 Å². The molecule has 3 fully saturated rings. The van der Waals surface area contributed by atoms with Gasteiger partial charge in [-0.15, -0.1) is 0 Å². The highest BCUT2D eigenvalue weighted by Gasteiger charge is 2.36. The van der Waals surface area contributed by atoms with E-state index in [1.165, 1.54) is 17.5 Å². The van der Waals surface area contributed by atoms with Crippen molar-refractivity contribution in [3.8, 4) is 5.75 Å². The van der Waals surface area contributed by atoms with E-state index in [1.54, 1.807) is 17.0 Å². The third kappa shape index (κ3) is 5.06. The second-order valence-electron chi connectivity index (χ2n) is 9.21. The van der Waals surface area contributed by atoms with Crippen molar-refractivity contribution in [1.82, 2.24) is 14.1 Å². The van der Waals surface area contributed by atoms with Gasteiger partial charge in [0.05, 0.1) is 18.6 Å². The molecule has 0 N–H and O–H groups in total. The van der Waals surface area contributed by atoms with Crippen molar-refractivity contribution in [1.29, 1.82) is 0 Å². The first-order valence-corrected chi connectivity index (χ1v) is 14.8. The zero-order valence-corrected chi connectivity index (χ0v) is 20.9. The van der Waals surface area contributed by atoms with Crippen LogP contribution >= 0.6 is 0 Å². The zero-order chi connectivity index (χ0) is 23.8. The van der Waals surface area contributed by atoms with Crippen molar-refractivity contribution in [2.24, 2.45) is 0 Å². The van der Waals surface area contributed by atoms with Gasteiger partial charge in [0.1, 0.15) is 10.6 Å². The normalized spacial score (nSPS) is 26.9. The van der Waals surface area contributed by atoms with E-state index in [0.29, 0.717) is 44.7 Å². The minimum atomic E-state index is -3.80. The Balaban J connectivity index is 1.50. The van der Waals surface area contributed by atoms with E-state index in [0.717, 1.165) is 19.3 Å². The molecule has 0 bridgehead atoms. The minimum absolute atomic E-state index is 0.0246. The average molecular weight is 500 g/mol. The molecule has 0 aliphatic carbocycles. The summed E-state index contributed by atoms with van der Waals surface area (Å²) < 4.78 is 57.3. The summed E-state index contributed by atoms with van der Waals surface area (Å²) in [6.45, 7) is 4.55. The molecule has 11 heteroatoms. The fraction of sp³-hybridized carbons (Fsp3) is 0.682. The van der Waals surface area contributed by atoms with Gasteiger partial charge in [-0.3, -0.25) is 9.69 Å². The van der Waals surface area contributed by atoms with Gasteiger partial charge in [-0.1, -0.05) is 6.42 Å². The van der Waals surface area contributed by atoms with Gasteiger partial charge in [0.2, 0.25) is 10.0 Å². The van der Waals surface area contributed by atoms with Gasteiger partial charge >= 0.3 is 0 Å². The van der Waals surface area contributed by atoms with Crippen molar-refractivity contribution in [3.05, 3.63) is 23.8 Å². The van der Waals surface area contributed by atoms with E-state index in [1.807, 2.05) is 6.92 Å². The summed E-state index contributed by atoms with van der Waals surface area (Å²) in [5, 5.41) is 0. The zero-order valence-electron chi connectivity index (χ0n) is 19.3. The van der Waals surface area contributed by atoms with E-state index in [4.69, 9.17) is 4.74 Å². The monoisotopic (exact) mass is 499 g/mol. The average Bonchev–Trinajstić information content (AvgIpc) is 3.18. The number of benzene rings is 1. The van der Waals surface area contributed by atoms with Gasteiger partial charge in [0, 0.05) is 50.4 Å². The molecule has 3 heterocycles. The number of carbonyl (C=O) groups is 1. The van der Waals surface area contributed by atoms with E-state index < -0.39 is 19.9 Å². The molecule has 1 aromatic rings. The molecule has 3 aliphatic heterocycles. The van der Waals surface area contributed by atoms with Crippen LogP contribution in [0.1, 0.15) is 43.0 Å². The Kier molecular flexibility index (Phi) is 7.05. The molecule has 33 heavy (non-hydrogen) atoms. The topological polar surface area (TPSA) is 104 Å². The number of sulfone groups is 1. The van der Waals surface area contributed by atoms with Crippen molar-refractivity contribution >= 4 is 25.8 Å². The first-order chi connectivity index (χ1) is 15.6. The lowest BCUT2D eigenvalue weighted by Gasteiger charge is -2.37. The number of amides is 1. The van der Waals surface area contributed by atoms with E-state index in [-0.39, 0.29) is 40.1 Å². The van der Waals surface area contributed by atoms with Crippen LogP contribution in [0.4, 0.5) is 0 Å². The van der Waals surface area contributed by atoms with Crippen LogP contribution in [0.15, 0.2) is 23.1 Å². The predicted molar refractivity (Wildman–Crippen MR) is 125 cm³/mol. The van der Waals surface area contributed by atoms with Crippen LogP contribution < -0.4 is 4.74 Å². The van der Waals surface area contributed by atoms with Crippen molar-refractivity contribution in [2.75, 3.05) is 51.3 Å². The first kappa shape index (κ1) is 24.4. The Bertz CT molecular complexity index is 1100. The molecule has 0 saturated carbocycles. The van der Waals surface area contributed by atoms with Crippen LogP contribution in [0, 0.1) is 0 Å². The van der Waals surface area contributed by atoms with E-state index in [9.17, 15) is 21.6 Å². The van der Waals surface area contributed by atoms with Crippen molar-refractivity contribution < 1.29 is 26.4 Å². The quantitative estimate of drug-likeness (QED) is 0.600. The third-order valence-corrected chi connectivity index (χ3v) is 10.9. The van der Waals surface area contributed by atoms with Crippen LogP contribution in [-0.4, -0.2) is 100 Å². The number of piperidine rings is 1. The molecule has 0 spiro atoms. The predicted octanol–water partition coefficient (Wildman–Crippen LogP) is 1.20. The Hall–Kier alpha value is -1.69. The maximum absolute atomic E-state index is 13.4. The van der Waals surface area contributed by atoms with Crippen LogP contribution in [0.2, 0.25) is 0 Å². The summed E-state index contributed by atoms with van der Waals surface area (Å²) >= 11 is 0. The number of methoxy groups -OCH3 is 1. The van der Waals surface area contributed by atoms with Crippen LogP contribution in [0.5, 0.6) is 5.75 Å². The second-order valence-corrected chi connectivity index (χ2v) is 13.3. The summed E-state index contributed by atoms with van der Waals surface area (Å²) in [4.78, 5) is 17.1. The SMILES string of the molecule is COc1ccc(C(=O)N2CCN([C@H]3CCS(=O)(=O)C3)CC2)cc1S(=O)(=O)N1CCCC[C@@H]1C. The molecule has 4 rings (SSSR count). The second kappa shape index (κ2) is 9.52. The fourth-order valence-corrected chi connectivity index (χ4v) is 8.75. The lowest BCUT2D eigenvalue weighted by molar-refractivity contribution is 0.0587. The van der Waals surface area contributed by atoms with Crippen LogP contribution in [0.25, 0.3) is 0 Å². The lowest BCUT2D eigenvalue weighted by Crippen LogP contribution is -2.52. The Labute approximate surface area is 196 Å². The number of carbonyl (C=O) groups excluding carboxylic acids is 1. The largest absolute Gasteiger partial charge is 0.495 e. The lowest BCUT2D eigenvalue weighted by atomic mass is 10.1. The van der Waals surface area contributed by atoms with Crippen molar-refractivity contribution in [3.63, 3.8) is 0 Å². The highest BCUT2D eigenvalue weighted by molar-refractivity contribution is 7.91. The number of hydrogen-bond donors (Lipinski definition) is 0. The maximum atomic E-state index is 13.4. The number of nitrogens with zero attached hydrogens (tertiary/aromatic N) is 3. The van der Waals surface area contributed by atoms with E-state index >= 15 is 0 Å². The summed E-state index contributed by atoms with van der Waals surface area (Å²) in [6, 6.07) is 4.52. The standard InChI is InChI=1S/C22H33N3O6S2/c1-17-5-3-4-9-25(17)33(29,30)21-15-18(6-7-20(21)31-2)22(26)24-12-10-23(11-13-24)19-8-14-32(27,28)16-19/h6-7,15,17,19H,3-5,8-14,16H2,1-2H3/t17-,19-/m0/s1. The molecule has 0 unspecified atom stereocenters. The third-order valence-electron chi connectivity index (χ3n) is 7.07. The smallest absolute Gasteiger partial charge is 0.253 e. The summed E-state index contributed by atoms with van der Waals surface area (Å²) in [5.41, 5.74) is 0.316. The van der Waals surface area contributed by atoms with Gasteiger partial charge in [-0.2, -0.15) is 4.31 Å². The Morgan fingerprint density at radius 3 is 2.39 bits per heavy atom. The van der Waals surface area contributed by atoms with Gasteiger partial charge in [-0.05, 0) is 44.4 Å².